The lowest BCUT2D eigenvalue weighted by atomic mass is 10.2. The Balaban J connectivity index is 2.36. The van der Waals surface area contributed by atoms with Gasteiger partial charge in [0.05, 0.1) is 5.88 Å². The summed E-state index contributed by atoms with van der Waals surface area (Å²) in [7, 11) is 0. The molecule has 0 spiro atoms. The van der Waals surface area contributed by atoms with E-state index in [9.17, 15) is 8.78 Å². The molecule has 0 aliphatic heterocycles. The van der Waals surface area contributed by atoms with Crippen molar-refractivity contribution in [2.45, 2.75) is 5.88 Å². The van der Waals surface area contributed by atoms with E-state index in [4.69, 9.17) is 16.3 Å². The Bertz CT molecular complexity index is 575. The molecule has 2 aromatic rings. The first-order valence-electron chi connectivity index (χ1n) is 5.07. The average Bonchev–Trinajstić information content (AvgIpc) is 2.33. The van der Waals surface area contributed by atoms with E-state index >= 15 is 0 Å². The van der Waals surface area contributed by atoms with Crippen molar-refractivity contribution in [3.8, 4) is 11.5 Å². The van der Waals surface area contributed by atoms with Crippen molar-refractivity contribution in [3.05, 3.63) is 58.1 Å². The van der Waals surface area contributed by atoms with E-state index in [0.29, 0.717) is 5.75 Å². The summed E-state index contributed by atoms with van der Waals surface area (Å²) in [5.41, 5.74) is 0.726. The largest absolute Gasteiger partial charge is 0.454 e. The Hall–Kier alpha value is -1.13. The molecule has 0 aliphatic carbocycles. The van der Waals surface area contributed by atoms with Gasteiger partial charge in [-0.15, -0.1) is 11.6 Å². The molecule has 94 valence electrons. The van der Waals surface area contributed by atoms with Gasteiger partial charge >= 0.3 is 0 Å². The van der Waals surface area contributed by atoms with Gasteiger partial charge in [0, 0.05) is 16.1 Å². The van der Waals surface area contributed by atoms with Crippen LogP contribution < -0.4 is 4.74 Å². The molecule has 2 rings (SSSR count). The van der Waals surface area contributed by atoms with Gasteiger partial charge < -0.3 is 4.74 Å². The number of alkyl halides is 1. The minimum absolute atomic E-state index is 0.0409. The highest BCUT2D eigenvalue weighted by Gasteiger charge is 2.09. The van der Waals surface area contributed by atoms with Gasteiger partial charge in [-0.1, -0.05) is 22.0 Å². The van der Waals surface area contributed by atoms with Crippen LogP contribution in [0.4, 0.5) is 8.78 Å². The summed E-state index contributed by atoms with van der Waals surface area (Å²) in [6.45, 7) is 0. The fourth-order valence-electron chi connectivity index (χ4n) is 1.41. The molecule has 0 aromatic heterocycles. The van der Waals surface area contributed by atoms with E-state index in [-0.39, 0.29) is 11.6 Å². The van der Waals surface area contributed by atoms with E-state index in [1.54, 1.807) is 12.1 Å². The first-order valence-corrected chi connectivity index (χ1v) is 6.40. The molecule has 0 amide bonds. The van der Waals surface area contributed by atoms with Crippen LogP contribution >= 0.6 is 27.5 Å². The highest BCUT2D eigenvalue weighted by molar-refractivity contribution is 9.10. The molecule has 1 nitrogen and oxygen atoms in total. The molecule has 2 aromatic carbocycles. The molecule has 0 unspecified atom stereocenters. The van der Waals surface area contributed by atoms with Gasteiger partial charge in [0.1, 0.15) is 11.6 Å². The quantitative estimate of drug-likeness (QED) is 0.696. The maximum absolute atomic E-state index is 13.5. The van der Waals surface area contributed by atoms with Crippen molar-refractivity contribution in [2.75, 3.05) is 0 Å². The fraction of sp³-hybridized carbons (Fsp3) is 0.0769. The Labute approximate surface area is 116 Å². The van der Waals surface area contributed by atoms with Gasteiger partial charge in [0.2, 0.25) is 0 Å². The smallest absolute Gasteiger partial charge is 0.168 e. The molecular weight excluding hydrogens is 325 g/mol. The van der Waals surface area contributed by atoms with Crippen LogP contribution in [-0.2, 0) is 5.88 Å². The van der Waals surface area contributed by atoms with Crippen LogP contribution in [0.2, 0.25) is 0 Å². The third-order valence-corrected chi connectivity index (χ3v) is 3.07. The summed E-state index contributed by atoms with van der Waals surface area (Å²) in [5, 5.41) is 0. The molecule has 0 fully saturated rings. The van der Waals surface area contributed by atoms with Crippen LogP contribution in [0.25, 0.3) is 0 Å². The zero-order valence-corrected chi connectivity index (χ0v) is 11.4. The summed E-state index contributed by atoms with van der Waals surface area (Å²) in [5.74, 6) is -0.765. The molecule has 0 N–H and O–H groups in total. The van der Waals surface area contributed by atoms with Crippen LogP contribution in [0.3, 0.4) is 0 Å². The van der Waals surface area contributed by atoms with Crippen LogP contribution in [0.5, 0.6) is 11.5 Å². The first kappa shape index (κ1) is 13.3. The van der Waals surface area contributed by atoms with Crippen molar-refractivity contribution in [1.29, 1.82) is 0 Å². The monoisotopic (exact) mass is 332 g/mol. The number of hydrogen-bond acceptors (Lipinski definition) is 1. The Kier molecular flexibility index (Phi) is 4.19. The summed E-state index contributed by atoms with van der Waals surface area (Å²) in [6.07, 6.45) is 0. The molecular formula is C13H8BrClF2O. The number of halogens is 4. The Morgan fingerprint density at radius 2 is 1.83 bits per heavy atom. The molecule has 0 saturated heterocycles. The second-order valence-corrected chi connectivity index (χ2v) is 4.75. The van der Waals surface area contributed by atoms with Gasteiger partial charge in [-0.2, -0.15) is 0 Å². The standard InChI is InChI=1S/C13H8BrClF2O/c14-9-2-1-8(7-15)13(5-9)18-12-4-3-10(16)6-11(12)17/h1-6H,7H2. The normalized spacial score (nSPS) is 10.4. The van der Waals surface area contributed by atoms with Gasteiger partial charge in [-0.3, -0.25) is 0 Å². The second-order valence-electron chi connectivity index (χ2n) is 3.56. The van der Waals surface area contributed by atoms with Gasteiger partial charge in [0.25, 0.3) is 0 Å². The third kappa shape index (κ3) is 3.00. The summed E-state index contributed by atoms with van der Waals surface area (Å²) in [4.78, 5) is 0. The predicted octanol–water partition coefficient (Wildman–Crippen LogP) is 5.26. The number of rotatable bonds is 3. The second kappa shape index (κ2) is 5.67. The maximum Gasteiger partial charge on any atom is 0.168 e. The average molecular weight is 334 g/mol. The van der Waals surface area contributed by atoms with Crippen LogP contribution in [0.1, 0.15) is 5.56 Å². The van der Waals surface area contributed by atoms with Crippen molar-refractivity contribution in [2.24, 2.45) is 0 Å². The van der Waals surface area contributed by atoms with Crippen LogP contribution in [0.15, 0.2) is 40.9 Å². The lowest BCUT2D eigenvalue weighted by Gasteiger charge is -2.10. The first-order chi connectivity index (χ1) is 8.60. The highest BCUT2D eigenvalue weighted by atomic mass is 79.9. The minimum Gasteiger partial charge on any atom is -0.454 e. The van der Waals surface area contributed by atoms with Crippen molar-refractivity contribution in [1.82, 2.24) is 0 Å². The maximum atomic E-state index is 13.5. The molecule has 0 saturated carbocycles. The van der Waals surface area contributed by atoms with Gasteiger partial charge in [0.15, 0.2) is 11.6 Å². The number of ether oxygens (including phenoxy) is 1. The molecule has 0 aliphatic rings. The van der Waals surface area contributed by atoms with Gasteiger partial charge in [-0.05, 0) is 24.3 Å². The molecule has 0 atom stereocenters. The van der Waals surface area contributed by atoms with E-state index in [1.165, 1.54) is 6.07 Å². The zero-order chi connectivity index (χ0) is 13.1. The Morgan fingerprint density at radius 1 is 1.06 bits per heavy atom. The van der Waals surface area contributed by atoms with Crippen LogP contribution in [0, 0.1) is 11.6 Å². The highest BCUT2D eigenvalue weighted by Crippen LogP contribution is 2.31. The van der Waals surface area contributed by atoms with Crippen LogP contribution in [-0.4, -0.2) is 0 Å². The molecule has 0 radical (unpaired) electrons. The summed E-state index contributed by atoms with van der Waals surface area (Å²) in [6, 6.07) is 8.41. The van der Waals surface area contributed by atoms with Gasteiger partial charge in [-0.25, -0.2) is 8.78 Å². The van der Waals surface area contributed by atoms with E-state index in [0.717, 1.165) is 22.2 Å². The minimum atomic E-state index is -0.754. The number of hydrogen-bond donors (Lipinski definition) is 0. The van der Waals surface area contributed by atoms with E-state index < -0.39 is 11.6 Å². The summed E-state index contributed by atoms with van der Waals surface area (Å²) < 4.78 is 32.4. The predicted molar refractivity (Wildman–Crippen MR) is 70.1 cm³/mol. The van der Waals surface area contributed by atoms with Crippen molar-refractivity contribution >= 4 is 27.5 Å². The Morgan fingerprint density at radius 3 is 2.50 bits per heavy atom. The topological polar surface area (TPSA) is 9.23 Å². The molecule has 5 heteroatoms. The van der Waals surface area contributed by atoms with Crippen molar-refractivity contribution in [3.63, 3.8) is 0 Å². The van der Waals surface area contributed by atoms with Crippen molar-refractivity contribution < 1.29 is 13.5 Å². The SMILES string of the molecule is Fc1ccc(Oc2cc(Br)ccc2CCl)c(F)c1. The lowest BCUT2D eigenvalue weighted by molar-refractivity contribution is 0.434. The lowest BCUT2D eigenvalue weighted by Crippen LogP contribution is -1.93. The zero-order valence-electron chi connectivity index (χ0n) is 9.09. The fourth-order valence-corrected chi connectivity index (χ4v) is 1.97. The van der Waals surface area contributed by atoms with E-state index in [1.807, 2.05) is 6.07 Å². The van der Waals surface area contributed by atoms with E-state index in [2.05, 4.69) is 15.9 Å². The summed E-state index contributed by atoms with van der Waals surface area (Å²) >= 11 is 9.06. The molecule has 0 bridgehead atoms. The molecule has 18 heavy (non-hydrogen) atoms. The molecule has 0 heterocycles. The third-order valence-electron chi connectivity index (χ3n) is 2.29. The number of benzene rings is 2.